The summed E-state index contributed by atoms with van der Waals surface area (Å²) in [6.07, 6.45) is 8.05. The van der Waals surface area contributed by atoms with Gasteiger partial charge in [-0.1, -0.05) is 171 Å². The molecule has 0 saturated carbocycles. The lowest BCUT2D eigenvalue weighted by Gasteiger charge is -2.29. The molecule has 0 aromatic heterocycles. The molecule has 2 heterocycles. The molecule has 5 atom stereocenters. The second-order valence-electron chi connectivity index (χ2n) is 20.5. The van der Waals surface area contributed by atoms with Gasteiger partial charge in [-0.05, 0) is 98.4 Å². The van der Waals surface area contributed by atoms with Gasteiger partial charge in [-0.3, -0.25) is 24.6 Å². The van der Waals surface area contributed by atoms with E-state index in [2.05, 4.69) is 89.0 Å². The molecule has 10 N–H and O–H groups in total. The van der Waals surface area contributed by atoms with Crippen molar-refractivity contribution in [2.75, 3.05) is 52.4 Å². The van der Waals surface area contributed by atoms with E-state index >= 15 is 0 Å². The summed E-state index contributed by atoms with van der Waals surface area (Å²) in [5.41, 5.74) is 16.4. The molecule has 2 saturated heterocycles. The molecule has 5 aromatic carbocycles. The Morgan fingerprint density at radius 2 is 1.10 bits per heavy atom. The minimum atomic E-state index is -0.368. The number of carbonyl (C=O) groups excluding carboxylic acids is 4. The van der Waals surface area contributed by atoms with Crippen molar-refractivity contribution in [3.63, 3.8) is 0 Å². The Balaban J connectivity index is 0.000000253. The van der Waals surface area contributed by atoms with Crippen LogP contribution in [-0.2, 0) is 14.4 Å². The van der Waals surface area contributed by atoms with Gasteiger partial charge in [0.2, 0.25) is 17.7 Å². The zero-order valence-electron chi connectivity index (χ0n) is 45.5. The molecule has 418 valence electrons. The SMILES string of the molecule is CCCCC(CC)C(=O)NC[C@@H]1CCN(CC(c2ccccc2)c2ccccc2)C(=O)[C@H](CCCNC(=N)N)N1.NCCC[C@@H]1N[C@H](CNC(=O)c2ccc(Cl)c(Cl)c2)CCN(CC(c2ccccc2)c2ccccc2)C1=O. The number of hydrogen-bond donors (Lipinski definition) is 8. The fourth-order valence-corrected chi connectivity index (χ4v) is 10.7. The van der Waals surface area contributed by atoms with Crippen molar-refractivity contribution in [3.05, 3.63) is 177 Å². The van der Waals surface area contributed by atoms with Crippen molar-refractivity contribution >= 4 is 52.8 Å². The van der Waals surface area contributed by atoms with Crippen molar-refractivity contribution in [3.8, 4) is 0 Å². The minimum Gasteiger partial charge on any atom is -0.370 e. The van der Waals surface area contributed by atoms with Crippen molar-refractivity contribution in [1.29, 1.82) is 5.41 Å². The molecule has 4 amide bonds. The number of rotatable bonds is 25. The van der Waals surface area contributed by atoms with Crippen LogP contribution in [0.1, 0.15) is 123 Å². The van der Waals surface area contributed by atoms with E-state index in [1.165, 1.54) is 22.3 Å². The molecule has 5 aromatic rings. The Morgan fingerprint density at radius 3 is 1.53 bits per heavy atom. The number of unbranched alkanes of at least 4 members (excludes halogenated alkanes) is 1. The number of nitrogens with two attached hydrogens (primary N) is 2. The minimum absolute atomic E-state index is 0.000696. The fourth-order valence-electron chi connectivity index (χ4n) is 10.4. The first kappa shape index (κ1) is 60.9. The number of halogens is 2. The van der Waals surface area contributed by atoms with Crippen LogP contribution in [0.15, 0.2) is 140 Å². The van der Waals surface area contributed by atoms with Crippen molar-refractivity contribution < 1.29 is 19.2 Å². The molecule has 2 fully saturated rings. The van der Waals surface area contributed by atoms with Gasteiger partial charge in [-0.15, -0.1) is 0 Å². The van der Waals surface area contributed by atoms with Crippen LogP contribution in [0.25, 0.3) is 0 Å². The third-order valence-corrected chi connectivity index (χ3v) is 15.6. The van der Waals surface area contributed by atoms with E-state index < -0.39 is 0 Å². The zero-order chi connectivity index (χ0) is 55.7. The van der Waals surface area contributed by atoms with Gasteiger partial charge in [-0.25, -0.2) is 0 Å². The highest BCUT2D eigenvalue weighted by atomic mass is 35.5. The van der Waals surface area contributed by atoms with Crippen molar-refractivity contribution in [1.82, 2.24) is 36.4 Å². The molecule has 0 spiro atoms. The number of benzene rings is 5. The van der Waals surface area contributed by atoms with E-state index in [4.69, 9.17) is 40.1 Å². The maximum atomic E-state index is 13.9. The summed E-state index contributed by atoms with van der Waals surface area (Å²) in [6, 6.07) is 45.4. The summed E-state index contributed by atoms with van der Waals surface area (Å²) in [6.45, 7) is 8.55. The van der Waals surface area contributed by atoms with E-state index in [9.17, 15) is 19.2 Å². The number of guanidine groups is 1. The number of carbonyl (C=O) groups is 4. The first-order valence-electron chi connectivity index (χ1n) is 28.0. The molecule has 78 heavy (non-hydrogen) atoms. The quantitative estimate of drug-likeness (QED) is 0.0159. The second kappa shape index (κ2) is 32.6. The highest BCUT2D eigenvalue weighted by Gasteiger charge is 2.34. The predicted octanol–water partition coefficient (Wildman–Crippen LogP) is 8.83. The van der Waals surface area contributed by atoms with Gasteiger partial charge < -0.3 is 47.9 Å². The first-order valence-corrected chi connectivity index (χ1v) is 28.7. The van der Waals surface area contributed by atoms with Crippen LogP contribution >= 0.6 is 23.2 Å². The first-order chi connectivity index (χ1) is 37.9. The predicted molar refractivity (Wildman–Crippen MR) is 316 cm³/mol. The monoisotopic (exact) mass is 1100 g/mol. The Morgan fingerprint density at radius 1 is 0.641 bits per heavy atom. The van der Waals surface area contributed by atoms with Gasteiger partial charge in [0, 0.05) is 81.2 Å². The van der Waals surface area contributed by atoms with Crippen LogP contribution in [0, 0.1) is 11.3 Å². The molecule has 2 aliphatic rings. The standard InChI is InChI=1S/C32H48N6O2.C30H34Cl2N4O2/c1-3-5-13-24(4-2)30(39)36-22-27-19-21-38(31(40)29(37-27)18-12-20-35-32(33)34)23-28(25-14-8-6-9-15-25)26-16-10-7-11-17-26;31-26-14-13-23(18-27(26)32)29(37)34-19-24-15-17-36(30(38)28(35-24)12-7-16-33)20-25(21-8-3-1-4-9-21)22-10-5-2-6-11-22/h6-11,14-17,24,27-29,37H,3-5,12-13,18-23H2,1-2H3,(H,36,39)(H4,33,34,35);1-6,8-11,13-14,18,24-25,28,35H,7,12,15-17,19-20,33H2,(H,34,37)/t24?,27-,29-;24-,28-/m00/s1. The van der Waals surface area contributed by atoms with Crippen LogP contribution in [0.4, 0.5) is 0 Å². The van der Waals surface area contributed by atoms with E-state index in [0.717, 1.165) is 38.5 Å². The molecule has 0 aliphatic carbocycles. The van der Waals surface area contributed by atoms with E-state index in [-0.39, 0.29) is 71.5 Å². The number of nitrogens with zero attached hydrogens (tertiary/aromatic N) is 2. The van der Waals surface area contributed by atoms with Crippen molar-refractivity contribution in [2.24, 2.45) is 17.4 Å². The topological polar surface area (TPSA) is 211 Å². The van der Waals surface area contributed by atoms with Crippen LogP contribution in [-0.4, -0.2) is 116 Å². The molecule has 7 rings (SSSR count). The highest BCUT2D eigenvalue weighted by molar-refractivity contribution is 6.42. The number of nitrogens with one attached hydrogen (secondary N) is 6. The summed E-state index contributed by atoms with van der Waals surface area (Å²) >= 11 is 12.1. The second-order valence-corrected chi connectivity index (χ2v) is 21.3. The number of amides is 4. The third kappa shape index (κ3) is 19.0. The van der Waals surface area contributed by atoms with Gasteiger partial charge in [0.25, 0.3) is 5.91 Å². The average Bonchev–Trinajstić information content (AvgIpc) is 3.72. The molecule has 16 heteroatoms. The zero-order valence-corrected chi connectivity index (χ0v) is 47.0. The molecule has 0 radical (unpaired) electrons. The molecule has 1 unspecified atom stereocenters. The van der Waals surface area contributed by atoms with Gasteiger partial charge in [0.15, 0.2) is 5.96 Å². The molecular formula is C62H82Cl2N10O4. The highest BCUT2D eigenvalue weighted by Crippen LogP contribution is 2.29. The smallest absolute Gasteiger partial charge is 0.251 e. The summed E-state index contributed by atoms with van der Waals surface area (Å²) in [7, 11) is 0. The maximum absolute atomic E-state index is 13.9. The van der Waals surface area contributed by atoms with Crippen LogP contribution in [0.2, 0.25) is 10.0 Å². The van der Waals surface area contributed by atoms with Crippen LogP contribution in [0.3, 0.4) is 0 Å². The largest absolute Gasteiger partial charge is 0.370 e. The molecule has 2 aliphatic heterocycles. The molecule has 14 nitrogen and oxygen atoms in total. The Labute approximate surface area is 472 Å². The molecule has 0 bridgehead atoms. The van der Waals surface area contributed by atoms with Gasteiger partial charge >= 0.3 is 0 Å². The normalized spacial score (nSPS) is 18.1. The maximum Gasteiger partial charge on any atom is 0.251 e. The average molecular weight is 1100 g/mol. The van der Waals surface area contributed by atoms with E-state index in [1.54, 1.807) is 18.2 Å². The lowest BCUT2D eigenvalue weighted by Crippen LogP contribution is -2.49. The fraction of sp³-hybridized carbons (Fsp3) is 0.435. The Kier molecular flexibility index (Phi) is 25.4. The Bertz CT molecular complexity index is 2540. The Hall–Kier alpha value is -6.29. The number of hydrogen-bond acceptors (Lipinski definition) is 8. The summed E-state index contributed by atoms with van der Waals surface area (Å²) in [5.74, 6) is 0.134. The lowest BCUT2D eigenvalue weighted by atomic mass is 9.90. The third-order valence-electron chi connectivity index (χ3n) is 14.9. The summed E-state index contributed by atoms with van der Waals surface area (Å²) in [5, 5.41) is 24.2. The molecular weight excluding hydrogens is 1020 g/mol. The van der Waals surface area contributed by atoms with Crippen LogP contribution in [0.5, 0.6) is 0 Å². The van der Waals surface area contributed by atoms with Gasteiger partial charge in [0.1, 0.15) is 0 Å². The van der Waals surface area contributed by atoms with Crippen LogP contribution < -0.4 is 38.1 Å². The van der Waals surface area contributed by atoms with E-state index in [1.807, 2.05) is 82.6 Å². The summed E-state index contributed by atoms with van der Waals surface area (Å²) < 4.78 is 0. The summed E-state index contributed by atoms with van der Waals surface area (Å²) in [4.78, 5) is 57.3. The van der Waals surface area contributed by atoms with E-state index in [0.29, 0.717) is 93.7 Å². The van der Waals surface area contributed by atoms with Crippen molar-refractivity contribution in [2.45, 2.75) is 114 Å². The van der Waals surface area contributed by atoms with Gasteiger partial charge in [-0.2, -0.15) is 0 Å². The van der Waals surface area contributed by atoms with Gasteiger partial charge in [0.05, 0.1) is 22.1 Å². The lowest BCUT2D eigenvalue weighted by molar-refractivity contribution is -0.133.